The second-order valence-corrected chi connectivity index (χ2v) is 7.44. The van der Waals surface area contributed by atoms with Crippen LogP contribution in [0.5, 0.6) is 0 Å². The van der Waals surface area contributed by atoms with Gasteiger partial charge in [-0.1, -0.05) is 65.2 Å². The van der Waals surface area contributed by atoms with Gasteiger partial charge in [-0.05, 0) is 56.7 Å². The number of amides is 1. The van der Waals surface area contributed by atoms with E-state index in [0.29, 0.717) is 5.70 Å². The number of anilines is 2. The number of hydrogen-bond acceptors (Lipinski definition) is 2. The Balaban J connectivity index is 1.72. The summed E-state index contributed by atoms with van der Waals surface area (Å²) in [5, 5.41) is 3.31. The average molecular weight is 368 g/mol. The van der Waals surface area contributed by atoms with Gasteiger partial charge in [0.25, 0.3) is 5.91 Å². The number of benzene rings is 3. The molecule has 0 fully saturated rings. The predicted octanol–water partition coefficient (Wildman–Crippen LogP) is 5.70. The zero-order chi connectivity index (χ0) is 19.7. The smallest absolute Gasteiger partial charge is 0.275 e. The van der Waals surface area contributed by atoms with Crippen molar-refractivity contribution in [2.24, 2.45) is 0 Å². The van der Waals surface area contributed by atoms with Crippen LogP contribution in [0.2, 0.25) is 0 Å². The maximum Gasteiger partial charge on any atom is 0.275 e. The second-order valence-electron chi connectivity index (χ2n) is 7.44. The Kier molecular flexibility index (Phi) is 4.74. The van der Waals surface area contributed by atoms with Crippen LogP contribution < -0.4 is 10.2 Å². The van der Waals surface area contributed by atoms with Crippen molar-refractivity contribution in [1.29, 1.82) is 0 Å². The number of hydrogen-bond donors (Lipinski definition) is 1. The maximum atomic E-state index is 13.3. The van der Waals surface area contributed by atoms with Crippen LogP contribution in [0.3, 0.4) is 0 Å². The molecule has 0 spiro atoms. The van der Waals surface area contributed by atoms with Gasteiger partial charge in [0.2, 0.25) is 0 Å². The van der Waals surface area contributed by atoms with E-state index in [1.807, 2.05) is 59.5 Å². The van der Waals surface area contributed by atoms with Crippen molar-refractivity contribution in [1.82, 2.24) is 0 Å². The number of rotatable bonds is 4. The first kappa shape index (κ1) is 18.1. The normalized spacial score (nSPS) is 16.2. The van der Waals surface area contributed by atoms with Crippen LogP contribution >= 0.6 is 0 Å². The van der Waals surface area contributed by atoms with E-state index in [9.17, 15) is 4.79 Å². The predicted molar refractivity (Wildman–Crippen MR) is 115 cm³/mol. The van der Waals surface area contributed by atoms with E-state index in [1.54, 1.807) is 0 Å². The second kappa shape index (κ2) is 7.35. The third kappa shape index (κ3) is 3.56. The van der Waals surface area contributed by atoms with Crippen molar-refractivity contribution in [3.05, 3.63) is 107 Å². The molecule has 1 N–H and O–H groups in total. The molecule has 1 amide bonds. The number of nitrogens with zero attached hydrogens (tertiary/aromatic N) is 1. The Labute approximate surface area is 166 Å². The first-order valence-electron chi connectivity index (χ1n) is 9.53. The molecule has 0 aliphatic carbocycles. The van der Waals surface area contributed by atoms with Gasteiger partial charge in [0, 0.05) is 11.4 Å². The summed E-state index contributed by atoms with van der Waals surface area (Å²) >= 11 is 0. The van der Waals surface area contributed by atoms with E-state index >= 15 is 0 Å². The van der Waals surface area contributed by atoms with Crippen LogP contribution in [0, 0.1) is 20.8 Å². The van der Waals surface area contributed by atoms with Crippen molar-refractivity contribution in [3.8, 4) is 0 Å². The zero-order valence-electron chi connectivity index (χ0n) is 16.4. The largest absolute Gasteiger partial charge is 0.351 e. The van der Waals surface area contributed by atoms with Gasteiger partial charge >= 0.3 is 0 Å². The van der Waals surface area contributed by atoms with Gasteiger partial charge in [-0.2, -0.15) is 0 Å². The molecule has 0 saturated carbocycles. The number of carbonyl (C=O) groups is 1. The minimum atomic E-state index is -0.135. The molecule has 3 heteroatoms. The van der Waals surface area contributed by atoms with Crippen molar-refractivity contribution >= 4 is 17.3 Å². The third-order valence-electron chi connectivity index (χ3n) is 5.11. The third-order valence-corrected chi connectivity index (χ3v) is 5.11. The van der Waals surface area contributed by atoms with E-state index < -0.39 is 0 Å². The Morgan fingerprint density at radius 1 is 0.714 bits per heavy atom. The fourth-order valence-electron chi connectivity index (χ4n) is 3.44. The highest BCUT2D eigenvalue weighted by Gasteiger charge is 2.34. The molecule has 28 heavy (non-hydrogen) atoms. The minimum absolute atomic E-state index is 0.0185. The lowest BCUT2D eigenvalue weighted by Gasteiger charge is -2.25. The van der Waals surface area contributed by atoms with Gasteiger partial charge in [-0.25, -0.2) is 0 Å². The number of carbonyl (C=O) groups excluding carboxylic acids is 1. The Hall–Kier alpha value is -3.33. The van der Waals surface area contributed by atoms with Crippen LogP contribution in [0.15, 0.2) is 84.6 Å². The van der Waals surface area contributed by atoms with E-state index in [1.165, 1.54) is 16.7 Å². The lowest BCUT2D eigenvalue weighted by Crippen LogP contribution is -2.30. The summed E-state index contributed by atoms with van der Waals surface area (Å²) in [4.78, 5) is 15.2. The van der Waals surface area contributed by atoms with Gasteiger partial charge in [0.1, 0.15) is 5.70 Å². The molecule has 140 valence electrons. The van der Waals surface area contributed by atoms with Crippen molar-refractivity contribution in [2.75, 3.05) is 10.2 Å². The van der Waals surface area contributed by atoms with Gasteiger partial charge in [-0.3, -0.25) is 9.69 Å². The first-order valence-corrected chi connectivity index (χ1v) is 9.53. The molecular formula is C25H24N2O. The van der Waals surface area contributed by atoms with Gasteiger partial charge in [0.15, 0.2) is 0 Å². The molecular weight excluding hydrogens is 344 g/mol. The van der Waals surface area contributed by atoms with Crippen LogP contribution in [-0.4, -0.2) is 5.91 Å². The zero-order valence-corrected chi connectivity index (χ0v) is 16.4. The van der Waals surface area contributed by atoms with E-state index in [2.05, 4.69) is 50.4 Å². The molecule has 4 rings (SSSR count). The molecule has 1 atom stereocenters. The molecule has 1 heterocycles. The SMILES string of the molecule is Cc1ccc(NC2=CC(c3ccc(C)cc3)N(c3ccc(C)cc3)C2=O)cc1. The highest BCUT2D eigenvalue weighted by Crippen LogP contribution is 2.36. The molecule has 1 aliphatic rings. The quantitative estimate of drug-likeness (QED) is 0.641. The summed E-state index contributed by atoms with van der Waals surface area (Å²) in [5.74, 6) is -0.0185. The van der Waals surface area contributed by atoms with Crippen molar-refractivity contribution < 1.29 is 4.79 Å². The molecule has 0 bridgehead atoms. The first-order chi connectivity index (χ1) is 13.5. The van der Waals surface area contributed by atoms with Crippen LogP contribution in [-0.2, 0) is 4.79 Å². The average Bonchev–Trinajstić information content (AvgIpc) is 3.01. The van der Waals surface area contributed by atoms with Crippen LogP contribution in [0.4, 0.5) is 11.4 Å². The van der Waals surface area contributed by atoms with Gasteiger partial charge < -0.3 is 5.32 Å². The summed E-state index contributed by atoms with van der Waals surface area (Å²) in [6.45, 7) is 6.17. The molecule has 3 aromatic carbocycles. The van der Waals surface area contributed by atoms with Crippen LogP contribution in [0.25, 0.3) is 0 Å². The van der Waals surface area contributed by atoms with Crippen molar-refractivity contribution in [3.63, 3.8) is 0 Å². The Bertz CT molecular complexity index is 1020. The van der Waals surface area contributed by atoms with Crippen molar-refractivity contribution in [2.45, 2.75) is 26.8 Å². The topological polar surface area (TPSA) is 32.3 Å². The van der Waals surface area contributed by atoms with Crippen LogP contribution in [0.1, 0.15) is 28.3 Å². The molecule has 0 radical (unpaired) electrons. The fraction of sp³-hybridized carbons (Fsp3) is 0.160. The molecule has 1 unspecified atom stereocenters. The summed E-state index contributed by atoms with van der Waals surface area (Å²) in [6, 6.07) is 24.4. The van der Waals surface area contributed by atoms with E-state index in [4.69, 9.17) is 0 Å². The Morgan fingerprint density at radius 2 is 1.21 bits per heavy atom. The summed E-state index contributed by atoms with van der Waals surface area (Å²) < 4.78 is 0. The molecule has 0 saturated heterocycles. The highest BCUT2D eigenvalue weighted by atomic mass is 16.2. The summed E-state index contributed by atoms with van der Waals surface area (Å²) in [5.41, 5.74) is 7.09. The molecule has 0 aromatic heterocycles. The van der Waals surface area contributed by atoms with Gasteiger partial charge in [-0.15, -0.1) is 0 Å². The maximum absolute atomic E-state index is 13.3. The molecule has 1 aliphatic heterocycles. The number of nitrogens with one attached hydrogen (secondary N) is 1. The lowest BCUT2D eigenvalue weighted by atomic mass is 10.0. The van der Waals surface area contributed by atoms with Gasteiger partial charge in [0.05, 0.1) is 6.04 Å². The van der Waals surface area contributed by atoms with E-state index in [-0.39, 0.29) is 11.9 Å². The molecule has 3 aromatic rings. The molecule has 3 nitrogen and oxygen atoms in total. The lowest BCUT2D eigenvalue weighted by molar-refractivity contribution is -0.114. The fourth-order valence-corrected chi connectivity index (χ4v) is 3.44. The van der Waals surface area contributed by atoms with E-state index in [0.717, 1.165) is 16.9 Å². The standard InChI is InChI=1S/C25H24N2O/c1-17-4-10-20(11-5-17)24-16-23(26-21-12-6-18(2)7-13-21)25(28)27(24)22-14-8-19(3)9-15-22/h4-16,24,26H,1-3H3. The number of aryl methyl sites for hydroxylation is 3. The Morgan fingerprint density at radius 3 is 1.79 bits per heavy atom. The highest BCUT2D eigenvalue weighted by molar-refractivity contribution is 6.11. The summed E-state index contributed by atoms with van der Waals surface area (Å²) in [6.07, 6.45) is 2.02. The summed E-state index contributed by atoms with van der Waals surface area (Å²) in [7, 11) is 0. The monoisotopic (exact) mass is 368 g/mol. The minimum Gasteiger partial charge on any atom is -0.351 e.